The predicted molar refractivity (Wildman–Crippen MR) is 238 cm³/mol. The molecule has 8 heteroatoms. The van der Waals surface area contributed by atoms with Gasteiger partial charge in [-0.3, -0.25) is 9.59 Å². The fourth-order valence-corrected chi connectivity index (χ4v) is 5.76. The number of carboxylic acid groups (broad SMARTS) is 1. The van der Waals surface area contributed by atoms with Gasteiger partial charge in [0.1, 0.15) is 6.61 Å². The average molecular weight is 795 g/mol. The normalized spacial score (nSPS) is 13.9. The zero-order chi connectivity index (χ0) is 42.1. The predicted octanol–water partition coefficient (Wildman–Crippen LogP) is 11.9. The molecule has 2 atom stereocenters. The standard InChI is InChI=1S/C49H79NO7/c1-6-8-10-12-14-16-18-20-22-23-24-26-28-30-32-34-36-38-40-48(52)57-45(43-55-42-41-46(49(53)54)50(3,4)5)44-56-47(51)39-37-35-33-31-29-27-25-21-19-17-15-13-11-9-7-2/h9,11,13-26,45-46H,6-8,10,12,27-44H2,1-5H3/p+1/b11-9+,15-13+,16-14+,19-17+,20-18+,23-22+,25-21+,26-24+. The molecule has 0 aliphatic carbocycles. The lowest BCUT2D eigenvalue weighted by Gasteiger charge is -2.31. The molecule has 0 fully saturated rings. The molecule has 8 nitrogen and oxygen atoms in total. The Bertz CT molecular complexity index is 1250. The van der Waals surface area contributed by atoms with E-state index < -0.39 is 18.1 Å². The minimum atomic E-state index is -0.888. The fraction of sp³-hybridized carbons (Fsp3) is 0.612. The topological polar surface area (TPSA) is 99.1 Å². The van der Waals surface area contributed by atoms with E-state index in [0.717, 1.165) is 89.9 Å². The molecule has 0 heterocycles. The van der Waals surface area contributed by atoms with E-state index in [1.165, 1.54) is 19.3 Å². The number of carboxylic acids is 1. The summed E-state index contributed by atoms with van der Waals surface area (Å²) in [6.07, 6.45) is 51.5. The zero-order valence-corrected chi connectivity index (χ0v) is 36.5. The number of ether oxygens (including phenoxy) is 3. The van der Waals surface area contributed by atoms with E-state index in [1.54, 1.807) is 0 Å². The van der Waals surface area contributed by atoms with Gasteiger partial charge in [0.2, 0.25) is 0 Å². The van der Waals surface area contributed by atoms with Crippen LogP contribution in [0.5, 0.6) is 0 Å². The van der Waals surface area contributed by atoms with E-state index in [4.69, 9.17) is 14.2 Å². The molecular formula is C49H80NO7+. The van der Waals surface area contributed by atoms with Crippen molar-refractivity contribution in [3.63, 3.8) is 0 Å². The lowest BCUT2D eigenvalue weighted by atomic mass is 10.1. The average Bonchev–Trinajstić information content (AvgIpc) is 3.17. The summed E-state index contributed by atoms with van der Waals surface area (Å²) >= 11 is 0. The number of hydrogen-bond donors (Lipinski definition) is 1. The summed E-state index contributed by atoms with van der Waals surface area (Å²) in [6.45, 7) is 4.48. The molecular weight excluding hydrogens is 715 g/mol. The molecule has 0 aliphatic heterocycles. The van der Waals surface area contributed by atoms with Gasteiger partial charge in [0.25, 0.3) is 0 Å². The Morgan fingerprint density at radius 1 is 0.544 bits per heavy atom. The monoisotopic (exact) mass is 795 g/mol. The number of quaternary nitrogens is 1. The van der Waals surface area contributed by atoms with Gasteiger partial charge in [0, 0.05) is 19.3 Å². The van der Waals surface area contributed by atoms with E-state index in [9.17, 15) is 19.5 Å². The largest absolute Gasteiger partial charge is 0.477 e. The van der Waals surface area contributed by atoms with E-state index in [0.29, 0.717) is 19.3 Å². The van der Waals surface area contributed by atoms with E-state index in [2.05, 4.69) is 74.6 Å². The Kier molecular flexibility index (Phi) is 36.5. The van der Waals surface area contributed by atoms with Crippen LogP contribution in [-0.4, -0.2) is 80.6 Å². The van der Waals surface area contributed by atoms with Crippen LogP contribution < -0.4 is 0 Å². The number of esters is 2. The number of hydrogen-bond acceptors (Lipinski definition) is 6. The number of carbonyl (C=O) groups excluding carboxylic acids is 2. The van der Waals surface area contributed by atoms with Gasteiger partial charge in [-0.15, -0.1) is 0 Å². The van der Waals surface area contributed by atoms with Gasteiger partial charge in [-0.25, -0.2) is 4.79 Å². The first-order valence-electron chi connectivity index (χ1n) is 21.9. The molecule has 57 heavy (non-hydrogen) atoms. The van der Waals surface area contributed by atoms with Gasteiger partial charge in [0.05, 0.1) is 34.4 Å². The molecule has 0 bridgehead atoms. The maximum atomic E-state index is 12.7. The summed E-state index contributed by atoms with van der Waals surface area (Å²) in [6, 6.07) is -0.629. The van der Waals surface area contributed by atoms with Crippen molar-refractivity contribution < 1.29 is 38.2 Å². The second-order valence-electron chi connectivity index (χ2n) is 15.4. The Morgan fingerprint density at radius 3 is 1.46 bits per heavy atom. The molecule has 0 spiro atoms. The number of rotatable bonds is 37. The Morgan fingerprint density at radius 2 is 0.982 bits per heavy atom. The van der Waals surface area contributed by atoms with E-state index in [1.807, 2.05) is 57.6 Å². The molecule has 0 aromatic heterocycles. The van der Waals surface area contributed by atoms with Crippen molar-refractivity contribution in [3.8, 4) is 0 Å². The Labute approximate surface area is 347 Å². The van der Waals surface area contributed by atoms with Gasteiger partial charge in [-0.2, -0.15) is 0 Å². The van der Waals surface area contributed by atoms with Crippen LogP contribution in [0.15, 0.2) is 97.2 Å². The lowest BCUT2D eigenvalue weighted by molar-refractivity contribution is -0.887. The van der Waals surface area contributed by atoms with E-state index in [-0.39, 0.29) is 36.2 Å². The van der Waals surface area contributed by atoms with Crippen molar-refractivity contribution in [2.45, 2.75) is 154 Å². The molecule has 1 N–H and O–H groups in total. The number of aliphatic carboxylic acids is 1. The summed E-state index contributed by atoms with van der Waals surface area (Å²) in [7, 11) is 5.49. The fourth-order valence-electron chi connectivity index (χ4n) is 5.76. The molecule has 0 aliphatic rings. The van der Waals surface area contributed by atoms with Crippen molar-refractivity contribution in [1.82, 2.24) is 0 Å². The highest BCUT2D eigenvalue weighted by Gasteiger charge is 2.31. The highest BCUT2D eigenvalue weighted by atomic mass is 16.6. The van der Waals surface area contributed by atoms with Crippen molar-refractivity contribution in [2.75, 3.05) is 41.0 Å². The van der Waals surface area contributed by atoms with Crippen molar-refractivity contribution in [1.29, 1.82) is 0 Å². The number of carbonyl (C=O) groups is 3. The van der Waals surface area contributed by atoms with Crippen molar-refractivity contribution in [2.24, 2.45) is 0 Å². The third-order valence-corrected chi connectivity index (χ3v) is 9.16. The van der Waals surface area contributed by atoms with Gasteiger partial charge in [-0.1, -0.05) is 162 Å². The van der Waals surface area contributed by atoms with Gasteiger partial charge in [-0.05, 0) is 57.8 Å². The minimum absolute atomic E-state index is 0.0366. The summed E-state index contributed by atoms with van der Waals surface area (Å²) < 4.78 is 17.2. The first-order chi connectivity index (χ1) is 27.6. The van der Waals surface area contributed by atoms with Gasteiger partial charge >= 0.3 is 17.9 Å². The highest BCUT2D eigenvalue weighted by Crippen LogP contribution is 2.13. The maximum absolute atomic E-state index is 12.7. The van der Waals surface area contributed by atoms with Crippen molar-refractivity contribution in [3.05, 3.63) is 97.2 Å². The summed E-state index contributed by atoms with van der Waals surface area (Å²) in [4.78, 5) is 37.0. The number of unbranched alkanes of at least 4 members (excludes halogenated alkanes) is 13. The Balaban J connectivity index is 4.48. The van der Waals surface area contributed by atoms with Gasteiger partial charge in [0.15, 0.2) is 12.1 Å². The molecule has 0 aromatic carbocycles. The molecule has 322 valence electrons. The van der Waals surface area contributed by atoms with Crippen LogP contribution in [0.25, 0.3) is 0 Å². The van der Waals surface area contributed by atoms with Crippen LogP contribution >= 0.6 is 0 Å². The molecule has 0 rings (SSSR count). The van der Waals surface area contributed by atoms with Crippen LogP contribution in [0.2, 0.25) is 0 Å². The molecule has 0 saturated carbocycles. The SMILES string of the molecule is CC/C=C/C=C/C=C/C=C/CCCCCCCC(=O)OCC(COCCC(C(=O)O)[N+](C)(C)C)OC(=O)CCCCCCC/C=C/C=C/C=C/C=C/CCCCC. The molecule has 0 saturated heterocycles. The summed E-state index contributed by atoms with van der Waals surface area (Å²) in [5.41, 5.74) is 0. The molecule has 0 aromatic rings. The summed E-state index contributed by atoms with van der Waals surface area (Å²) in [5.74, 6) is -1.54. The van der Waals surface area contributed by atoms with Crippen LogP contribution in [0, 0.1) is 0 Å². The minimum Gasteiger partial charge on any atom is -0.477 e. The van der Waals surface area contributed by atoms with Crippen LogP contribution in [0.4, 0.5) is 0 Å². The third kappa shape index (κ3) is 37.6. The van der Waals surface area contributed by atoms with Crippen LogP contribution in [0.3, 0.4) is 0 Å². The molecule has 0 amide bonds. The van der Waals surface area contributed by atoms with E-state index >= 15 is 0 Å². The first kappa shape index (κ1) is 53.2. The number of allylic oxidation sites excluding steroid dienone is 16. The van der Waals surface area contributed by atoms with Gasteiger partial charge < -0.3 is 23.8 Å². The molecule has 0 radical (unpaired) electrons. The van der Waals surface area contributed by atoms with Crippen LogP contribution in [0.1, 0.15) is 142 Å². The lowest BCUT2D eigenvalue weighted by Crippen LogP contribution is -2.50. The number of nitrogens with zero attached hydrogens (tertiary/aromatic N) is 1. The first-order valence-corrected chi connectivity index (χ1v) is 21.9. The highest BCUT2D eigenvalue weighted by molar-refractivity contribution is 5.72. The maximum Gasteiger partial charge on any atom is 0.362 e. The number of likely N-dealkylation sites (N-methyl/N-ethyl adjacent to an activating group) is 1. The smallest absolute Gasteiger partial charge is 0.362 e. The summed E-state index contributed by atoms with van der Waals surface area (Å²) in [5, 5.41) is 9.62. The second-order valence-corrected chi connectivity index (χ2v) is 15.4. The molecule has 2 unspecified atom stereocenters. The van der Waals surface area contributed by atoms with Crippen molar-refractivity contribution >= 4 is 17.9 Å². The Hall–Kier alpha value is -3.75. The third-order valence-electron chi connectivity index (χ3n) is 9.16. The van der Waals surface area contributed by atoms with Crippen LogP contribution in [-0.2, 0) is 28.6 Å². The second kappa shape index (κ2) is 39.1. The zero-order valence-electron chi connectivity index (χ0n) is 36.5. The quantitative estimate of drug-likeness (QED) is 0.0289.